The van der Waals surface area contributed by atoms with Crippen LogP contribution in [0.1, 0.15) is 27.7 Å². The minimum Gasteiger partial charge on any atom is -0.349 e. The van der Waals surface area contributed by atoms with Gasteiger partial charge in [0.1, 0.15) is 0 Å². The average molecular weight is 374 g/mol. The average Bonchev–Trinajstić information content (AvgIpc) is 3.26. The molecule has 0 saturated heterocycles. The van der Waals surface area contributed by atoms with E-state index < -0.39 is 0 Å². The van der Waals surface area contributed by atoms with Gasteiger partial charge in [0.2, 0.25) is 0 Å². The maximum absolute atomic E-state index is 12.6. The highest BCUT2D eigenvalue weighted by molar-refractivity contribution is 7.98. The van der Waals surface area contributed by atoms with E-state index in [1.165, 1.54) is 10.4 Å². The minimum atomic E-state index is 0.00649. The van der Waals surface area contributed by atoms with Crippen molar-refractivity contribution in [1.29, 1.82) is 0 Å². The number of thiophene rings is 2. The third kappa shape index (κ3) is 4.72. The van der Waals surface area contributed by atoms with Crippen LogP contribution < -0.4 is 5.32 Å². The van der Waals surface area contributed by atoms with Crippen molar-refractivity contribution in [3.63, 3.8) is 0 Å². The Balaban J connectivity index is 1.63. The van der Waals surface area contributed by atoms with E-state index in [0.717, 1.165) is 22.6 Å². The van der Waals surface area contributed by atoms with E-state index >= 15 is 0 Å². The third-order valence-electron chi connectivity index (χ3n) is 3.58. The number of benzene rings is 1. The number of carbonyl (C=O) groups is 1. The normalized spacial score (nSPS) is 12.0. The summed E-state index contributed by atoms with van der Waals surface area (Å²) in [5.74, 6) is 0.902. The van der Waals surface area contributed by atoms with Crippen LogP contribution in [0.15, 0.2) is 63.5 Å². The number of thioether (sulfide) groups is 1. The van der Waals surface area contributed by atoms with Crippen molar-refractivity contribution >= 4 is 40.3 Å². The Morgan fingerprint density at radius 2 is 2.04 bits per heavy atom. The Labute approximate surface area is 154 Å². The highest BCUT2D eigenvalue weighted by Crippen LogP contribution is 2.28. The van der Waals surface area contributed by atoms with Gasteiger partial charge in [-0.25, -0.2) is 0 Å². The lowest BCUT2D eigenvalue weighted by Crippen LogP contribution is -2.34. The number of hydrogen-bond donors (Lipinski definition) is 1. The summed E-state index contributed by atoms with van der Waals surface area (Å²) in [7, 11) is 0. The maximum atomic E-state index is 12.6. The van der Waals surface area contributed by atoms with E-state index in [4.69, 9.17) is 0 Å². The highest BCUT2D eigenvalue weighted by Gasteiger charge is 2.14. The molecule has 1 aromatic carbocycles. The van der Waals surface area contributed by atoms with Crippen LogP contribution in [0.2, 0.25) is 0 Å². The number of carbonyl (C=O) groups excluding carboxylic acids is 1. The fraction of sp³-hybridized carbons (Fsp3) is 0.211. The zero-order valence-electron chi connectivity index (χ0n) is 13.4. The summed E-state index contributed by atoms with van der Waals surface area (Å²) in [4.78, 5) is 15.0. The molecule has 3 rings (SSSR count). The maximum Gasteiger partial charge on any atom is 0.252 e. The first kappa shape index (κ1) is 17.3. The van der Waals surface area contributed by atoms with Crippen molar-refractivity contribution in [2.45, 2.75) is 30.0 Å². The van der Waals surface area contributed by atoms with Crippen molar-refractivity contribution in [2.24, 2.45) is 0 Å². The summed E-state index contributed by atoms with van der Waals surface area (Å²) in [5, 5.41) is 9.41. The first-order valence-corrected chi connectivity index (χ1v) is 10.6. The van der Waals surface area contributed by atoms with E-state index in [2.05, 4.69) is 46.6 Å². The monoisotopic (exact) mass is 373 g/mol. The van der Waals surface area contributed by atoms with Gasteiger partial charge in [-0.05, 0) is 59.3 Å². The Bertz CT molecular complexity index is 766. The predicted molar refractivity (Wildman–Crippen MR) is 105 cm³/mol. The van der Waals surface area contributed by atoms with E-state index in [1.807, 2.05) is 24.3 Å². The summed E-state index contributed by atoms with van der Waals surface area (Å²) in [6.07, 6.45) is 0.861. The van der Waals surface area contributed by atoms with E-state index in [1.54, 1.807) is 34.4 Å². The third-order valence-corrected chi connectivity index (χ3v) is 6.49. The van der Waals surface area contributed by atoms with Gasteiger partial charge in [-0.1, -0.05) is 18.2 Å². The zero-order valence-corrected chi connectivity index (χ0v) is 15.8. The topological polar surface area (TPSA) is 29.1 Å². The Kier molecular flexibility index (Phi) is 6.12. The van der Waals surface area contributed by atoms with Crippen LogP contribution in [0.4, 0.5) is 0 Å². The lowest BCUT2D eigenvalue weighted by molar-refractivity contribution is 0.0937. The van der Waals surface area contributed by atoms with Gasteiger partial charge in [0.25, 0.3) is 5.91 Å². The molecule has 3 aromatic rings. The molecule has 1 amide bonds. The quantitative estimate of drug-likeness (QED) is 0.557. The Morgan fingerprint density at radius 3 is 2.79 bits per heavy atom. The minimum absolute atomic E-state index is 0.00649. The lowest BCUT2D eigenvalue weighted by atomic mass is 10.1. The molecule has 124 valence electrons. The largest absolute Gasteiger partial charge is 0.349 e. The molecular weight excluding hydrogens is 354 g/mol. The Morgan fingerprint density at radius 1 is 1.17 bits per heavy atom. The SMILES string of the molecule is CC(Cc1ccsc1)NC(=O)c1ccccc1SCc1cccs1. The number of rotatable bonds is 7. The van der Waals surface area contributed by atoms with Gasteiger partial charge in [-0.15, -0.1) is 23.1 Å². The lowest BCUT2D eigenvalue weighted by Gasteiger charge is -2.15. The standard InChI is InChI=1S/C19H19NOS3/c1-14(11-15-8-10-22-12-15)20-19(21)17-6-2-3-7-18(17)24-13-16-5-4-9-23-16/h2-10,12,14H,11,13H2,1H3,(H,20,21). The van der Waals surface area contributed by atoms with Crippen LogP contribution in [-0.4, -0.2) is 11.9 Å². The molecule has 0 aliphatic heterocycles. The summed E-state index contributed by atoms with van der Waals surface area (Å²) in [6, 6.07) is 14.3. The molecule has 0 fully saturated rings. The van der Waals surface area contributed by atoms with Crippen molar-refractivity contribution < 1.29 is 4.79 Å². The predicted octanol–water partition coefficient (Wildman–Crippen LogP) is 5.46. The van der Waals surface area contributed by atoms with Gasteiger partial charge in [0.05, 0.1) is 5.56 Å². The molecule has 24 heavy (non-hydrogen) atoms. The van der Waals surface area contributed by atoms with Gasteiger partial charge in [-0.2, -0.15) is 11.3 Å². The van der Waals surface area contributed by atoms with Gasteiger partial charge in [-0.3, -0.25) is 4.79 Å². The van der Waals surface area contributed by atoms with Gasteiger partial charge in [0.15, 0.2) is 0 Å². The second kappa shape index (κ2) is 8.51. The van der Waals surface area contributed by atoms with Crippen molar-refractivity contribution in [3.8, 4) is 0 Å². The molecule has 0 radical (unpaired) electrons. The molecule has 2 heterocycles. The van der Waals surface area contributed by atoms with Crippen LogP contribution in [0, 0.1) is 0 Å². The van der Waals surface area contributed by atoms with Crippen LogP contribution in [0.25, 0.3) is 0 Å². The first-order valence-electron chi connectivity index (χ1n) is 7.78. The molecule has 5 heteroatoms. The molecule has 0 aliphatic rings. The second-order valence-corrected chi connectivity index (χ2v) is 8.40. The summed E-state index contributed by atoms with van der Waals surface area (Å²) in [6.45, 7) is 2.05. The van der Waals surface area contributed by atoms with Crippen LogP contribution in [-0.2, 0) is 12.2 Å². The molecule has 0 spiro atoms. The van der Waals surface area contributed by atoms with Crippen molar-refractivity contribution in [2.75, 3.05) is 0 Å². The van der Waals surface area contributed by atoms with Gasteiger partial charge >= 0.3 is 0 Å². The van der Waals surface area contributed by atoms with Crippen molar-refractivity contribution in [1.82, 2.24) is 5.32 Å². The smallest absolute Gasteiger partial charge is 0.252 e. The van der Waals surface area contributed by atoms with Crippen LogP contribution in [0.3, 0.4) is 0 Å². The molecule has 1 unspecified atom stereocenters. The molecular formula is C19H19NOS3. The molecule has 0 bridgehead atoms. The van der Waals surface area contributed by atoms with E-state index in [0.29, 0.717) is 0 Å². The zero-order chi connectivity index (χ0) is 16.8. The second-order valence-electron chi connectivity index (χ2n) is 5.57. The fourth-order valence-electron chi connectivity index (χ4n) is 2.44. The summed E-state index contributed by atoms with van der Waals surface area (Å²) < 4.78 is 0. The number of hydrogen-bond acceptors (Lipinski definition) is 4. The highest BCUT2D eigenvalue weighted by atomic mass is 32.2. The number of amides is 1. The van der Waals surface area contributed by atoms with Crippen molar-refractivity contribution in [3.05, 3.63) is 74.6 Å². The van der Waals surface area contributed by atoms with Crippen LogP contribution >= 0.6 is 34.4 Å². The molecule has 1 N–H and O–H groups in total. The van der Waals surface area contributed by atoms with E-state index in [9.17, 15) is 4.79 Å². The summed E-state index contributed by atoms with van der Waals surface area (Å²) in [5.41, 5.74) is 2.03. The first-order chi connectivity index (χ1) is 11.7. The van der Waals surface area contributed by atoms with Gasteiger partial charge in [0, 0.05) is 21.6 Å². The number of nitrogens with one attached hydrogen (secondary N) is 1. The van der Waals surface area contributed by atoms with Crippen LogP contribution in [0.5, 0.6) is 0 Å². The summed E-state index contributed by atoms with van der Waals surface area (Å²) >= 11 is 5.16. The molecule has 2 aromatic heterocycles. The molecule has 0 saturated carbocycles. The molecule has 0 aliphatic carbocycles. The van der Waals surface area contributed by atoms with E-state index in [-0.39, 0.29) is 11.9 Å². The molecule has 2 nitrogen and oxygen atoms in total. The fourth-order valence-corrected chi connectivity index (χ4v) is 4.94. The van der Waals surface area contributed by atoms with Gasteiger partial charge < -0.3 is 5.32 Å². The Hall–Kier alpha value is -1.56. The molecule has 1 atom stereocenters.